The molecule has 5 heteroatoms. The van der Waals surface area contributed by atoms with E-state index in [-0.39, 0.29) is 41.7 Å². The van der Waals surface area contributed by atoms with Gasteiger partial charge >= 0.3 is 11.9 Å². The SMILES string of the molecule is C/C=C(\C)C(=O)O[C@@H]1CC2C(C)=C[C@@H]3OC(=O)[C@@H](C)[C@H]3C[C@H]2[C@]1(C)O. The van der Waals surface area contributed by atoms with Gasteiger partial charge < -0.3 is 14.6 Å². The van der Waals surface area contributed by atoms with Crippen LogP contribution in [-0.2, 0) is 19.1 Å². The summed E-state index contributed by atoms with van der Waals surface area (Å²) < 4.78 is 11.1. The van der Waals surface area contributed by atoms with Crippen molar-refractivity contribution < 1.29 is 24.2 Å². The van der Waals surface area contributed by atoms with Crippen molar-refractivity contribution in [1.29, 1.82) is 0 Å². The first-order valence-corrected chi connectivity index (χ1v) is 9.11. The van der Waals surface area contributed by atoms with E-state index in [1.54, 1.807) is 26.8 Å². The van der Waals surface area contributed by atoms with Gasteiger partial charge in [-0.25, -0.2) is 4.79 Å². The Hall–Kier alpha value is -1.62. The van der Waals surface area contributed by atoms with Gasteiger partial charge in [0.15, 0.2) is 0 Å². The predicted molar refractivity (Wildman–Crippen MR) is 92.4 cm³/mol. The van der Waals surface area contributed by atoms with Crippen LogP contribution in [0.25, 0.3) is 0 Å². The summed E-state index contributed by atoms with van der Waals surface area (Å²) in [5, 5.41) is 11.2. The second-order valence-electron chi connectivity index (χ2n) is 8.04. The maximum absolute atomic E-state index is 12.2. The predicted octanol–water partition coefficient (Wildman–Crippen LogP) is 2.78. The number of allylic oxidation sites excluding steroid dienone is 2. The highest BCUT2D eigenvalue weighted by Gasteiger charge is 2.57. The quantitative estimate of drug-likeness (QED) is 0.472. The van der Waals surface area contributed by atoms with Crippen molar-refractivity contribution in [2.75, 3.05) is 0 Å². The smallest absolute Gasteiger partial charge is 0.333 e. The van der Waals surface area contributed by atoms with Gasteiger partial charge in [0, 0.05) is 11.5 Å². The third-order valence-corrected chi connectivity index (χ3v) is 6.59. The Morgan fingerprint density at radius 1 is 1.44 bits per heavy atom. The molecule has 1 unspecified atom stereocenters. The summed E-state index contributed by atoms with van der Waals surface area (Å²) in [6.45, 7) is 9.18. The van der Waals surface area contributed by atoms with Crippen LogP contribution in [0.4, 0.5) is 0 Å². The van der Waals surface area contributed by atoms with Crippen molar-refractivity contribution in [1.82, 2.24) is 0 Å². The van der Waals surface area contributed by atoms with Crippen molar-refractivity contribution in [2.24, 2.45) is 23.7 Å². The molecule has 0 spiro atoms. The van der Waals surface area contributed by atoms with Crippen molar-refractivity contribution in [3.63, 3.8) is 0 Å². The molecule has 1 saturated carbocycles. The molecule has 3 rings (SSSR count). The lowest BCUT2D eigenvalue weighted by Crippen LogP contribution is -2.44. The third-order valence-electron chi connectivity index (χ3n) is 6.59. The van der Waals surface area contributed by atoms with Crippen molar-refractivity contribution >= 4 is 11.9 Å². The molecule has 1 aliphatic heterocycles. The largest absolute Gasteiger partial charge is 0.458 e. The Bertz CT molecular complexity index is 644. The summed E-state index contributed by atoms with van der Waals surface area (Å²) in [6.07, 6.45) is 4.30. The molecule has 1 heterocycles. The molecular formula is C20H28O5. The van der Waals surface area contributed by atoms with E-state index >= 15 is 0 Å². The summed E-state index contributed by atoms with van der Waals surface area (Å²) in [5.74, 6) is -0.570. The minimum absolute atomic E-state index is 0.0561. The molecule has 1 saturated heterocycles. The highest BCUT2D eigenvalue weighted by Crippen LogP contribution is 2.52. The number of ether oxygens (including phenoxy) is 2. The molecule has 0 aromatic carbocycles. The van der Waals surface area contributed by atoms with Crippen LogP contribution in [0.5, 0.6) is 0 Å². The van der Waals surface area contributed by atoms with Crippen molar-refractivity contribution in [3.8, 4) is 0 Å². The first-order valence-electron chi connectivity index (χ1n) is 9.11. The van der Waals surface area contributed by atoms with Crippen molar-refractivity contribution in [2.45, 2.75) is 65.3 Å². The second kappa shape index (κ2) is 6.27. The number of carbonyl (C=O) groups is 2. The summed E-state index contributed by atoms with van der Waals surface area (Å²) in [5.41, 5.74) is 0.531. The molecule has 0 amide bonds. The van der Waals surface area contributed by atoms with Gasteiger partial charge in [0.25, 0.3) is 0 Å². The van der Waals surface area contributed by atoms with Crippen LogP contribution >= 0.6 is 0 Å². The highest BCUT2D eigenvalue weighted by atomic mass is 16.6. The van der Waals surface area contributed by atoms with Gasteiger partial charge in [0.2, 0.25) is 0 Å². The van der Waals surface area contributed by atoms with Crippen molar-refractivity contribution in [3.05, 3.63) is 23.3 Å². The van der Waals surface area contributed by atoms with E-state index in [0.29, 0.717) is 18.4 Å². The van der Waals surface area contributed by atoms with Gasteiger partial charge in [-0.1, -0.05) is 18.6 Å². The molecule has 2 aliphatic carbocycles. The molecule has 0 aromatic heterocycles. The lowest BCUT2D eigenvalue weighted by Gasteiger charge is -2.33. The van der Waals surface area contributed by atoms with Gasteiger partial charge in [0.1, 0.15) is 17.8 Å². The zero-order chi connectivity index (χ0) is 18.5. The molecule has 138 valence electrons. The number of hydrogen-bond donors (Lipinski definition) is 1. The topological polar surface area (TPSA) is 72.8 Å². The summed E-state index contributed by atoms with van der Waals surface area (Å²) >= 11 is 0. The Morgan fingerprint density at radius 2 is 2.12 bits per heavy atom. The first kappa shape index (κ1) is 18.2. The molecule has 0 aromatic rings. The van der Waals surface area contributed by atoms with Crippen LogP contribution in [0.1, 0.15) is 47.5 Å². The monoisotopic (exact) mass is 348 g/mol. The van der Waals surface area contributed by atoms with E-state index in [9.17, 15) is 14.7 Å². The summed E-state index contributed by atoms with van der Waals surface area (Å²) in [4.78, 5) is 24.1. The molecular weight excluding hydrogens is 320 g/mol. The van der Waals surface area contributed by atoms with Crippen LogP contribution in [0.3, 0.4) is 0 Å². The number of aliphatic hydroxyl groups is 1. The maximum atomic E-state index is 12.2. The molecule has 5 nitrogen and oxygen atoms in total. The van der Waals surface area contributed by atoms with E-state index in [0.717, 1.165) is 5.57 Å². The van der Waals surface area contributed by atoms with Crippen LogP contribution < -0.4 is 0 Å². The van der Waals surface area contributed by atoms with E-state index in [1.807, 2.05) is 19.9 Å². The van der Waals surface area contributed by atoms with Crippen LogP contribution in [0.2, 0.25) is 0 Å². The Labute approximate surface area is 149 Å². The fraction of sp³-hybridized carbons (Fsp3) is 0.700. The lowest BCUT2D eigenvalue weighted by atomic mass is 9.76. The van der Waals surface area contributed by atoms with Gasteiger partial charge in [-0.05, 0) is 58.4 Å². The molecule has 25 heavy (non-hydrogen) atoms. The fourth-order valence-electron chi connectivity index (χ4n) is 4.65. The Morgan fingerprint density at radius 3 is 2.76 bits per heavy atom. The molecule has 7 atom stereocenters. The Kier molecular flexibility index (Phi) is 4.56. The minimum atomic E-state index is -1.12. The summed E-state index contributed by atoms with van der Waals surface area (Å²) in [7, 11) is 0. The number of carbonyl (C=O) groups excluding carboxylic acids is 2. The van der Waals surface area contributed by atoms with E-state index in [4.69, 9.17) is 9.47 Å². The molecule has 3 aliphatic rings. The number of rotatable bonds is 2. The van der Waals surface area contributed by atoms with Gasteiger partial charge in [-0.15, -0.1) is 0 Å². The number of esters is 2. The standard InChI is InChI=1S/C20H28O5/c1-6-10(2)18(21)25-17-9-13-11(3)7-16-14(12(4)19(22)24-16)8-15(13)20(17,5)23/h6-7,12-17,23H,8-9H2,1-5H3/b10-6+/t12-,13?,14+,15+,16-,17+,20-/m0/s1. The van der Waals surface area contributed by atoms with E-state index in [1.165, 1.54) is 0 Å². The molecule has 1 N–H and O–H groups in total. The molecule has 0 bridgehead atoms. The number of fused-ring (bicyclic) bond motifs is 2. The lowest BCUT2D eigenvalue weighted by molar-refractivity contribution is -0.158. The maximum Gasteiger partial charge on any atom is 0.333 e. The summed E-state index contributed by atoms with van der Waals surface area (Å²) in [6, 6.07) is 0. The number of hydrogen-bond acceptors (Lipinski definition) is 5. The van der Waals surface area contributed by atoms with Gasteiger partial charge in [-0.2, -0.15) is 0 Å². The molecule has 0 radical (unpaired) electrons. The zero-order valence-electron chi connectivity index (χ0n) is 15.6. The third kappa shape index (κ3) is 2.92. The van der Waals surface area contributed by atoms with Gasteiger partial charge in [-0.3, -0.25) is 4.79 Å². The van der Waals surface area contributed by atoms with Crippen LogP contribution in [0.15, 0.2) is 23.3 Å². The van der Waals surface area contributed by atoms with Gasteiger partial charge in [0.05, 0.1) is 5.92 Å². The second-order valence-corrected chi connectivity index (χ2v) is 8.04. The first-order chi connectivity index (χ1) is 11.7. The Balaban J connectivity index is 1.87. The minimum Gasteiger partial charge on any atom is -0.458 e. The fourth-order valence-corrected chi connectivity index (χ4v) is 4.65. The highest BCUT2D eigenvalue weighted by molar-refractivity contribution is 5.87. The van der Waals surface area contributed by atoms with E-state index < -0.39 is 11.7 Å². The van der Waals surface area contributed by atoms with E-state index in [2.05, 4.69) is 0 Å². The van der Waals surface area contributed by atoms with Crippen LogP contribution in [-0.4, -0.2) is 34.9 Å². The average molecular weight is 348 g/mol. The normalized spacial score (nSPS) is 43.7. The average Bonchev–Trinajstić information content (AvgIpc) is 2.89. The zero-order valence-corrected chi connectivity index (χ0v) is 15.6. The molecule has 2 fully saturated rings. The van der Waals surface area contributed by atoms with Crippen LogP contribution in [0, 0.1) is 23.7 Å².